The van der Waals surface area contributed by atoms with Crippen LogP contribution in [0.5, 0.6) is 0 Å². The van der Waals surface area contributed by atoms with Gasteiger partial charge in [0.25, 0.3) is 0 Å². The maximum Gasteiger partial charge on any atom is 0.225 e. The van der Waals surface area contributed by atoms with Crippen molar-refractivity contribution in [3.8, 4) is 0 Å². The van der Waals surface area contributed by atoms with Crippen molar-refractivity contribution in [2.45, 2.75) is 52.5 Å². The second-order valence-corrected chi connectivity index (χ2v) is 5.98. The third kappa shape index (κ3) is 3.47. The van der Waals surface area contributed by atoms with Crippen LogP contribution >= 0.6 is 15.9 Å². The molecule has 2 unspecified atom stereocenters. The largest absolute Gasteiger partial charge is 0.339 e. The van der Waals surface area contributed by atoms with Gasteiger partial charge in [0.05, 0.1) is 0 Å². The number of nitrogens with zero attached hydrogens (tertiary/aromatic N) is 1. The van der Waals surface area contributed by atoms with Crippen molar-refractivity contribution in [1.82, 2.24) is 4.90 Å². The number of hydrogen-bond donors (Lipinski definition) is 0. The molecule has 0 aromatic rings. The van der Waals surface area contributed by atoms with E-state index in [9.17, 15) is 4.79 Å². The van der Waals surface area contributed by atoms with Gasteiger partial charge >= 0.3 is 0 Å². The van der Waals surface area contributed by atoms with E-state index >= 15 is 0 Å². The third-order valence-corrected chi connectivity index (χ3v) is 4.28. The molecule has 0 aromatic heterocycles. The molecule has 0 aromatic carbocycles. The molecule has 94 valence electrons. The van der Waals surface area contributed by atoms with Crippen LogP contribution in [0.15, 0.2) is 0 Å². The fourth-order valence-corrected chi connectivity index (χ4v) is 2.61. The highest BCUT2D eigenvalue weighted by Gasteiger charge is 2.31. The lowest BCUT2D eigenvalue weighted by Gasteiger charge is -2.29. The zero-order valence-corrected chi connectivity index (χ0v) is 12.3. The van der Waals surface area contributed by atoms with Crippen molar-refractivity contribution < 1.29 is 4.79 Å². The molecule has 0 radical (unpaired) electrons. The molecule has 1 rings (SSSR count). The molecule has 1 aliphatic rings. The fourth-order valence-electron chi connectivity index (χ4n) is 2.29. The highest BCUT2D eigenvalue weighted by molar-refractivity contribution is 9.09. The average molecular weight is 290 g/mol. The number of alkyl halides is 1. The van der Waals surface area contributed by atoms with Crippen LogP contribution in [0.1, 0.15) is 46.5 Å². The van der Waals surface area contributed by atoms with Crippen LogP contribution in [0.25, 0.3) is 0 Å². The summed E-state index contributed by atoms with van der Waals surface area (Å²) >= 11 is 3.46. The summed E-state index contributed by atoms with van der Waals surface area (Å²) in [6.07, 6.45) is 4.71. The Bertz CT molecular complexity index is 230. The number of halogens is 1. The van der Waals surface area contributed by atoms with Crippen LogP contribution in [0.3, 0.4) is 0 Å². The van der Waals surface area contributed by atoms with E-state index in [1.165, 1.54) is 19.3 Å². The molecular formula is C13H24BrNO. The standard InChI is InChI=1S/C13H24BrNO/c1-10(2)11(3)13(16)15-9-5-7-12(15)6-4-8-14/h10-12H,4-9H2,1-3H3. The number of carbonyl (C=O) groups excluding carboxylic acids is 1. The minimum atomic E-state index is 0.171. The van der Waals surface area contributed by atoms with E-state index in [0.29, 0.717) is 17.9 Å². The molecule has 1 amide bonds. The number of hydrogen-bond acceptors (Lipinski definition) is 1. The molecule has 1 fully saturated rings. The van der Waals surface area contributed by atoms with Gasteiger partial charge in [0.2, 0.25) is 5.91 Å². The highest BCUT2D eigenvalue weighted by atomic mass is 79.9. The zero-order chi connectivity index (χ0) is 12.1. The molecule has 0 saturated carbocycles. The molecule has 0 N–H and O–H groups in total. The van der Waals surface area contributed by atoms with Gasteiger partial charge in [0, 0.05) is 23.8 Å². The van der Waals surface area contributed by atoms with E-state index in [1.54, 1.807) is 0 Å². The Morgan fingerprint density at radius 3 is 2.69 bits per heavy atom. The van der Waals surface area contributed by atoms with E-state index in [1.807, 2.05) is 0 Å². The molecule has 0 aliphatic carbocycles. The summed E-state index contributed by atoms with van der Waals surface area (Å²) in [6.45, 7) is 7.30. The lowest BCUT2D eigenvalue weighted by molar-refractivity contribution is -0.137. The van der Waals surface area contributed by atoms with Crippen LogP contribution in [-0.4, -0.2) is 28.7 Å². The summed E-state index contributed by atoms with van der Waals surface area (Å²) in [5.41, 5.74) is 0. The van der Waals surface area contributed by atoms with Gasteiger partial charge in [-0.1, -0.05) is 36.7 Å². The van der Waals surface area contributed by atoms with Gasteiger partial charge in [-0.3, -0.25) is 4.79 Å². The normalized spacial score (nSPS) is 22.8. The van der Waals surface area contributed by atoms with Crippen molar-refractivity contribution in [3.63, 3.8) is 0 Å². The molecule has 0 spiro atoms. The maximum atomic E-state index is 12.3. The first-order chi connectivity index (χ1) is 7.57. The molecule has 1 saturated heterocycles. The Balaban J connectivity index is 2.53. The van der Waals surface area contributed by atoms with Gasteiger partial charge in [0.15, 0.2) is 0 Å². The van der Waals surface area contributed by atoms with Gasteiger partial charge in [-0.15, -0.1) is 0 Å². The van der Waals surface area contributed by atoms with E-state index in [4.69, 9.17) is 0 Å². The molecule has 1 aliphatic heterocycles. The summed E-state index contributed by atoms with van der Waals surface area (Å²) in [7, 11) is 0. The molecule has 16 heavy (non-hydrogen) atoms. The van der Waals surface area contributed by atoms with Gasteiger partial charge < -0.3 is 4.90 Å². The van der Waals surface area contributed by atoms with Crippen LogP contribution in [-0.2, 0) is 4.79 Å². The Labute approximate surface area is 108 Å². The molecule has 2 nitrogen and oxygen atoms in total. The Hall–Kier alpha value is -0.0500. The quantitative estimate of drug-likeness (QED) is 0.710. The van der Waals surface area contributed by atoms with Crippen molar-refractivity contribution in [2.75, 3.05) is 11.9 Å². The molecule has 0 bridgehead atoms. The van der Waals surface area contributed by atoms with Crippen molar-refractivity contribution in [1.29, 1.82) is 0 Å². The van der Waals surface area contributed by atoms with Crippen LogP contribution in [0.2, 0.25) is 0 Å². The Kier molecular flexibility index (Phi) is 5.81. The number of amides is 1. The Morgan fingerprint density at radius 2 is 2.12 bits per heavy atom. The van der Waals surface area contributed by atoms with Crippen molar-refractivity contribution >= 4 is 21.8 Å². The summed E-state index contributed by atoms with van der Waals surface area (Å²) in [4.78, 5) is 14.4. The van der Waals surface area contributed by atoms with Gasteiger partial charge in [-0.05, 0) is 31.6 Å². The summed E-state index contributed by atoms with van der Waals surface area (Å²) < 4.78 is 0. The second-order valence-electron chi connectivity index (χ2n) is 5.19. The summed E-state index contributed by atoms with van der Waals surface area (Å²) in [5, 5.41) is 1.05. The summed E-state index contributed by atoms with van der Waals surface area (Å²) in [6, 6.07) is 0.506. The van der Waals surface area contributed by atoms with Crippen molar-refractivity contribution in [2.24, 2.45) is 11.8 Å². The smallest absolute Gasteiger partial charge is 0.225 e. The number of likely N-dealkylation sites (tertiary alicyclic amines) is 1. The topological polar surface area (TPSA) is 20.3 Å². The predicted molar refractivity (Wildman–Crippen MR) is 71.8 cm³/mol. The first-order valence-electron chi connectivity index (χ1n) is 6.44. The van der Waals surface area contributed by atoms with Gasteiger partial charge in [-0.2, -0.15) is 0 Å². The van der Waals surface area contributed by atoms with Gasteiger partial charge in [-0.25, -0.2) is 0 Å². The number of rotatable bonds is 5. The van der Waals surface area contributed by atoms with Crippen LogP contribution in [0.4, 0.5) is 0 Å². The SMILES string of the molecule is CC(C)C(C)C(=O)N1CCCC1CCCBr. The first-order valence-corrected chi connectivity index (χ1v) is 7.56. The van der Waals surface area contributed by atoms with E-state index in [-0.39, 0.29) is 5.92 Å². The Morgan fingerprint density at radius 1 is 1.44 bits per heavy atom. The lowest BCUT2D eigenvalue weighted by atomic mass is 9.96. The predicted octanol–water partition coefficient (Wildman–Crippen LogP) is 3.44. The van der Waals surface area contributed by atoms with Crippen LogP contribution in [0, 0.1) is 11.8 Å². The molecular weight excluding hydrogens is 266 g/mol. The highest BCUT2D eigenvalue weighted by Crippen LogP contribution is 2.25. The summed E-state index contributed by atoms with van der Waals surface area (Å²) in [5.74, 6) is 0.988. The van der Waals surface area contributed by atoms with Gasteiger partial charge in [0.1, 0.15) is 0 Å². The van der Waals surface area contributed by atoms with E-state index in [0.717, 1.165) is 18.3 Å². The second kappa shape index (κ2) is 6.63. The average Bonchev–Trinajstić information content (AvgIpc) is 2.72. The molecule has 3 heteroatoms. The monoisotopic (exact) mass is 289 g/mol. The van der Waals surface area contributed by atoms with Crippen LogP contribution < -0.4 is 0 Å². The van der Waals surface area contributed by atoms with Crippen molar-refractivity contribution in [3.05, 3.63) is 0 Å². The first kappa shape index (κ1) is 14.0. The van der Waals surface area contributed by atoms with E-state index < -0.39 is 0 Å². The zero-order valence-electron chi connectivity index (χ0n) is 10.7. The third-order valence-electron chi connectivity index (χ3n) is 3.72. The minimum absolute atomic E-state index is 0.171. The minimum Gasteiger partial charge on any atom is -0.339 e. The molecule has 1 heterocycles. The van der Waals surface area contributed by atoms with E-state index in [2.05, 4.69) is 41.6 Å². The number of carbonyl (C=O) groups is 1. The fraction of sp³-hybridized carbons (Fsp3) is 0.923. The maximum absolute atomic E-state index is 12.3. The lowest BCUT2D eigenvalue weighted by Crippen LogP contribution is -2.40. The molecule has 2 atom stereocenters.